The normalized spacial score (nSPS) is 14.0. The van der Waals surface area contributed by atoms with Crippen molar-refractivity contribution in [1.29, 1.82) is 0 Å². The molecule has 0 aliphatic carbocycles. The summed E-state index contributed by atoms with van der Waals surface area (Å²) in [5.41, 5.74) is 11.6. The number of aliphatic hydroxyl groups excluding tert-OH is 1. The fourth-order valence-electron chi connectivity index (χ4n) is 3.21. The Kier molecular flexibility index (Phi) is 10.5. The van der Waals surface area contributed by atoms with Gasteiger partial charge in [-0.05, 0) is 17.7 Å². The molecule has 0 radical (unpaired) electrons. The Morgan fingerprint density at radius 1 is 0.919 bits per heavy atom. The van der Waals surface area contributed by atoms with Gasteiger partial charge in [-0.1, -0.05) is 12.1 Å². The van der Waals surface area contributed by atoms with Gasteiger partial charge in [-0.2, -0.15) is 0 Å². The molecule has 15 nitrogen and oxygen atoms in total. The van der Waals surface area contributed by atoms with Gasteiger partial charge < -0.3 is 47.7 Å². The molecule has 1 heterocycles. The molecule has 0 fully saturated rings. The number of rotatable bonds is 14. The highest BCUT2D eigenvalue weighted by atomic mass is 16.4. The molecule has 0 saturated heterocycles. The van der Waals surface area contributed by atoms with E-state index in [1.54, 1.807) is 0 Å². The molecular weight excluding hydrogens is 490 g/mol. The predicted octanol–water partition coefficient (Wildman–Crippen LogP) is -3.37. The van der Waals surface area contributed by atoms with E-state index in [0.717, 1.165) is 0 Å². The van der Waals surface area contributed by atoms with E-state index in [9.17, 15) is 34.2 Å². The zero-order valence-corrected chi connectivity index (χ0v) is 19.6. The minimum Gasteiger partial charge on any atom is -0.508 e. The lowest BCUT2D eigenvalue weighted by Crippen LogP contribution is -2.58. The Morgan fingerprint density at radius 3 is 2.05 bits per heavy atom. The van der Waals surface area contributed by atoms with E-state index < -0.39 is 66.8 Å². The van der Waals surface area contributed by atoms with Crippen molar-refractivity contribution in [2.75, 3.05) is 6.61 Å². The molecule has 15 heteroatoms. The fraction of sp³-hybridized carbons (Fsp3) is 0.364. The molecule has 1 aromatic heterocycles. The molecule has 4 unspecified atom stereocenters. The number of phenols is 1. The first-order chi connectivity index (χ1) is 17.5. The molecule has 2 aromatic rings. The van der Waals surface area contributed by atoms with Gasteiger partial charge in [0.15, 0.2) is 0 Å². The van der Waals surface area contributed by atoms with Crippen LogP contribution in [0.15, 0.2) is 36.8 Å². The smallest absolute Gasteiger partial charge is 0.326 e. The Balaban J connectivity index is 2.26. The quantitative estimate of drug-likeness (QED) is 0.120. The van der Waals surface area contributed by atoms with Crippen LogP contribution in [0.5, 0.6) is 5.75 Å². The third-order valence-corrected chi connectivity index (χ3v) is 5.17. The van der Waals surface area contributed by atoms with Gasteiger partial charge in [0.25, 0.3) is 0 Å². The van der Waals surface area contributed by atoms with Crippen LogP contribution in [0, 0.1) is 0 Å². The first-order valence-corrected chi connectivity index (χ1v) is 11.0. The number of H-pyrrole nitrogens is 1. The summed E-state index contributed by atoms with van der Waals surface area (Å²) in [5, 5.41) is 35.1. The number of hydrogen-bond donors (Lipinski definition) is 9. The van der Waals surface area contributed by atoms with E-state index in [1.807, 2.05) is 0 Å². The highest BCUT2D eigenvalue weighted by molar-refractivity contribution is 5.96. The number of aromatic amines is 1. The molecule has 2 rings (SSSR count). The average Bonchev–Trinajstić information content (AvgIpc) is 3.36. The van der Waals surface area contributed by atoms with Crippen molar-refractivity contribution in [1.82, 2.24) is 25.9 Å². The molecule has 0 spiro atoms. The number of aromatic nitrogens is 2. The maximum atomic E-state index is 13.1. The number of carbonyl (C=O) groups is 5. The number of carbonyl (C=O) groups excluding carboxylic acids is 4. The number of aliphatic hydroxyl groups is 1. The number of aromatic hydroxyl groups is 1. The number of amides is 4. The van der Waals surface area contributed by atoms with Gasteiger partial charge in [-0.3, -0.25) is 19.2 Å². The van der Waals surface area contributed by atoms with Gasteiger partial charge >= 0.3 is 5.97 Å². The molecular formula is C22H29N7O8. The molecule has 0 saturated carbocycles. The van der Waals surface area contributed by atoms with E-state index in [4.69, 9.17) is 16.6 Å². The molecule has 4 amide bonds. The topological polar surface area (TPSA) is 263 Å². The van der Waals surface area contributed by atoms with Gasteiger partial charge in [0.05, 0.1) is 19.4 Å². The number of hydrogen-bond acceptors (Lipinski definition) is 9. The number of nitrogens with zero attached hydrogens (tertiary/aromatic N) is 1. The number of primary amides is 1. The van der Waals surface area contributed by atoms with Crippen molar-refractivity contribution in [2.45, 2.75) is 43.4 Å². The minimum absolute atomic E-state index is 0.0382. The molecule has 1 aromatic carbocycles. The second-order valence-electron chi connectivity index (χ2n) is 8.13. The summed E-state index contributed by atoms with van der Waals surface area (Å²) in [5.74, 6) is -5.10. The number of aliphatic carboxylic acids is 1. The van der Waals surface area contributed by atoms with Crippen LogP contribution >= 0.6 is 0 Å². The van der Waals surface area contributed by atoms with E-state index in [0.29, 0.717) is 11.3 Å². The largest absolute Gasteiger partial charge is 0.508 e. The Hall–Kier alpha value is -4.50. The molecule has 0 bridgehead atoms. The number of nitrogens with two attached hydrogens (primary N) is 2. The summed E-state index contributed by atoms with van der Waals surface area (Å²) in [6.45, 7) is -0.727. The summed E-state index contributed by atoms with van der Waals surface area (Å²) < 4.78 is 0. The third-order valence-electron chi connectivity index (χ3n) is 5.17. The van der Waals surface area contributed by atoms with Crippen LogP contribution in [-0.2, 0) is 36.8 Å². The second kappa shape index (κ2) is 13.6. The second-order valence-corrected chi connectivity index (χ2v) is 8.13. The number of benzene rings is 1. The van der Waals surface area contributed by atoms with Gasteiger partial charge in [-0.25, -0.2) is 9.78 Å². The lowest BCUT2D eigenvalue weighted by atomic mass is 10.0. The number of imidazole rings is 1. The zero-order chi connectivity index (χ0) is 27.5. The monoisotopic (exact) mass is 519 g/mol. The molecule has 0 aliphatic heterocycles. The van der Waals surface area contributed by atoms with E-state index in [2.05, 4.69) is 25.9 Å². The minimum atomic E-state index is -1.53. The van der Waals surface area contributed by atoms with Crippen LogP contribution in [0.25, 0.3) is 0 Å². The zero-order valence-electron chi connectivity index (χ0n) is 19.6. The van der Waals surface area contributed by atoms with Crippen LogP contribution in [0.2, 0.25) is 0 Å². The van der Waals surface area contributed by atoms with Gasteiger partial charge in [0, 0.05) is 24.7 Å². The van der Waals surface area contributed by atoms with E-state index in [1.165, 1.54) is 36.8 Å². The summed E-state index contributed by atoms with van der Waals surface area (Å²) in [7, 11) is 0. The Labute approximate surface area is 210 Å². The molecule has 11 N–H and O–H groups in total. The predicted molar refractivity (Wildman–Crippen MR) is 126 cm³/mol. The van der Waals surface area contributed by atoms with Crippen molar-refractivity contribution in [3.05, 3.63) is 48.0 Å². The van der Waals surface area contributed by atoms with Crippen molar-refractivity contribution < 1.29 is 39.3 Å². The molecule has 37 heavy (non-hydrogen) atoms. The number of phenolic OH excluding ortho intramolecular Hbond substituents is 1. The highest BCUT2D eigenvalue weighted by Crippen LogP contribution is 2.12. The Bertz CT molecular complexity index is 1090. The molecule has 4 atom stereocenters. The number of nitrogens with one attached hydrogen (secondary N) is 4. The van der Waals surface area contributed by atoms with E-state index in [-0.39, 0.29) is 18.6 Å². The first kappa shape index (κ1) is 28.7. The summed E-state index contributed by atoms with van der Waals surface area (Å²) in [6, 6.07) is 0.0491. The van der Waals surface area contributed by atoms with Crippen molar-refractivity contribution >= 4 is 29.6 Å². The van der Waals surface area contributed by atoms with Crippen molar-refractivity contribution in [3.63, 3.8) is 0 Å². The first-order valence-electron chi connectivity index (χ1n) is 11.0. The number of carboxylic acid groups (broad SMARTS) is 1. The summed E-state index contributed by atoms with van der Waals surface area (Å²) in [6.07, 6.45) is 1.84. The van der Waals surface area contributed by atoms with Gasteiger partial charge in [0.2, 0.25) is 23.6 Å². The van der Waals surface area contributed by atoms with Crippen LogP contribution in [0.3, 0.4) is 0 Å². The fourth-order valence-corrected chi connectivity index (χ4v) is 3.21. The maximum absolute atomic E-state index is 13.1. The van der Waals surface area contributed by atoms with Crippen LogP contribution in [-0.4, -0.2) is 85.7 Å². The summed E-state index contributed by atoms with van der Waals surface area (Å²) in [4.78, 5) is 67.9. The van der Waals surface area contributed by atoms with Crippen LogP contribution < -0.4 is 27.4 Å². The maximum Gasteiger partial charge on any atom is 0.326 e. The molecule has 0 aliphatic rings. The summed E-state index contributed by atoms with van der Waals surface area (Å²) >= 11 is 0. The van der Waals surface area contributed by atoms with Crippen LogP contribution in [0.1, 0.15) is 17.7 Å². The average molecular weight is 520 g/mol. The van der Waals surface area contributed by atoms with Crippen molar-refractivity contribution in [3.8, 4) is 5.75 Å². The lowest BCUT2D eigenvalue weighted by molar-refractivity contribution is -0.142. The van der Waals surface area contributed by atoms with Gasteiger partial charge in [0.1, 0.15) is 29.9 Å². The lowest BCUT2D eigenvalue weighted by Gasteiger charge is -2.24. The van der Waals surface area contributed by atoms with E-state index >= 15 is 0 Å². The van der Waals surface area contributed by atoms with Crippen molar-refractivity contribution in [2.24, 2.45) is 11.5 Å². The number of carboxylic acids is 1. The SMILES string of the molecule is NC(=O)CC(NC(=O)C(N)CO)C(=O)NC(Cc1ccc(O)cc1)C(=O)NC(Cc1cnc[nH]1)C(=O)O. The molecule has 200 valence electrons. The Morgan fingerprint density at radius 2 is 1.51 bits per heavy atom. The third kappa shape index (κ3) is 9.23. The highest BCUT2D eigenvalue weighted by Gasteiger charge is 2.31. The van der Waals surface area contributed by atoms with Crippen LogP contribution in [0.4, 0.5) is 0 Å². The standard InChI is InChI=1S/C22H29N7O8/c23-14(9-30)19(33)27-16(7-18(24)32)21(35)28-15(5-11-1-3-13(31)4-2-11)20(34)29-17(22(36)37)6-12-8-25-10-26-12/h1-4,8,10,14-17,30-31H,5-7,9,23H2,(H2,24,32)(H,25,26)(H,27,33)(H,28,35)(H,29,34)(H,36,37). The van der Waals surface area contributed by atoms with Gasteiger partial charge in [-0.15, -0.1) is 0 Å².